The van der Waals surface area contributed by atoms with E-state index < -0.39 is 0 Å². The van der Waals surface area contributed by atoms with Gasteiger partial charge >= 0.3 is 0 Å². The first-order chi connectivity index (χ1) is 10.6. The van der Waals surface area contributed by atoms with E-state index >= 15 is 0 Å². The van der Waals surface area contributed by atoms with Gasteiger partial charge in [-0.25, -0.2) is 10.1 Å². The predicted octanol–water partition coefficient (Wildman–Crippen LogP) is 4.32. The van der Waals surface area contributed by atoms with Crippen LogP contribution in [-0.4, -0.2) is 27.4 Å². The van der Waals surface area contributed by atoms with Crippen molar-refractivity contribution in [2.24, 2.45) is 0 Å². The highest BCUT2D eigenvalue weighted by atomic mass is 35.5. The summed E-state index contributed by atoms with van der Waals surface area (Å²) in [5, 5.41) is 15.4. The van der Waals surface area contributed by atoms with Crippen LogP contribution in [0.4, 0.5) is 5.82 Å². The van der Waals surface area contributed by atoms with Crippen LogP contribution in [0.2, 0.25) is 5.02 Å². The van der Waals surface area contributed by atoms with Crippen molar-refractivity contribution in [1.29, 1.82) is 0 Å². The first-order valence-electron chi connectivity index (χ1n) is 6.62. The van der Waals surface area contributed by atoms with Crippen molar-refractivity contribution < 1.29 is 0 Å². The van der Waals surface area contributed by atoms with Crippen molar-refractivity contribution in [3.8, 4) is 22.0 Å². The number of nitrogens with zero attached hydrogens (tertiary/aromatic N) is 3. The number of halogens is 1. The van der Waals surface area contributed by atoms with Gasteiger partial charge in [0.15, 0.2) is 11.5 Å². The molecule has 0 radical (unpaired) electrons. The zero-order valence-corrected chi connectivity index (χ0v) is 13.7. The molecular weight excluding hydrogens is 318 g/mol. The van der Waals surface area contributed by atoms with Gasteiger partial charge in [0.05, 0.1) is 4.88 Å². The number of anilines is 1. The lowest BCUT2D eigenvalue weighted by Gasteiger charge is -2.00. The third-order valence-corrected chi connectivity index (χ3v) is 4.65. The van der Waals surface area contributed by atoms with Gasteiger partial charge in [-0.1, -0.05) is 35.5 Å². The Morgan fingerprint density at radius 1 is 1.27 bits per heavy atom. The quantitative estimate of drug-likeness (QED) is 0.747. The number of aromatic nitrogens is 4. The minimum absolute atomic E-state index is 0.692. The van der Waals surface area contributed by atoms with E-state index in [9.17, 15) is 0 Å². The lowest BCUT2D eigenvalue weighted by atomic mass is 10.2. The van der Waals surface area contributed by atoms with E-state index in [0.717, 1.165) is 32.5 Å². The number of hydrogen-bond donors (Lipinski definition) is 2. The Labute approximate surface area is 137 Å². The van der Waals surface area contributed by atoms with Crippen molar-refractivity contribution in [2.45, 2.75) is 6.92 Å². The summed E-state index contributed by atoms with van der Waals surface area (Å²) in [5.41, 5.74) is 3.42. The number of allylic oxidation sites excluding steroid dienone is 1. The Bertz CT molecular complexity index is 819. The molecule has 0 aliphatic rings. The zero-order valence-electron chi connectivity index (χ0n) is 12.1. The maximum Gasteiger partial charge on any atom is 0.156 e. The average Bonchev–Trinajstić information content (AvgIpc) is 3.14. The van der Waals surface area contributed by atoms with Gasteiger partial charge in [-0.15, -0.1) is 16.4 Å². The normalized spacial score (nSPS) is 10.7. The standard InChI is InChI=1S/C15H14ClN5S/c1-8(2)13-11(12-14(17-3)20-21-19-12)18-15(22-13)9-4-6-10(16)7-5-9/h4-7H,1H2,2-3H3,(H2,17,19,20,21). The number of nitrogens with one attached hydrogen (secondary N) is 2. The van der Waals surface area contributed by atoms with E-state index in [1.54, 1.807) is 11.3 Å². The Kier molecular flexibility index (Phi) is 3.96. The van der Waals surface area contributed by atoms with E-state index in [-0.39, 0.29) is 0 Å². The number of H-pyrrole nitrogens is 1. The Morgan fingerprint density at radius 2 is 2.00 bits per heavy atom. The van der Waals surface area contributed by atoms with Crippen molar-refractivity contribution in [2.75, 3.05) is 12.4 Å². The minimum atomic E-state index is 0.692. The lowest BCUT2D eigenvalue weighted by molar-refractivity contribution is 0.942. The fraction of sp³-hybridized carbons (Fsp3) is 0.133. The van der Waals surface area contributed by atoms with E-state index in [2.05, 4.69) is 27.3 Å². The molecule has 22 heavy (non-hydrogen) atoms. The van der Waals surface area contributed by atoms with Gasteiger partial charge in [0.25, 0.3) is 0 Å². The van der Waals surface area contributed by atoms with Gasteiger partial charge in [0, 0.05) is 17.6 Å². The summed E-state index contributed by atoms with van der Waals surface area (Å²) in [4.78, 5) is 5.73. The maximum absolute atomic E-state index is 5.95. The fourth-order valence-electron chi connectivity index (χ4n) is 2.05. The van der Waals surface area contributed by atoms with Crippen LogP contribution in [0.25, 0.3) is 27.5 Å². The van der Waals surface area contributed by atoms with Crippen LogP contribution in [0.1, 0.15) is 11.8 Å². The van der Waals surface area contributed by atoms with Crippen molar-refractivity contribution in [3.05, 3.63) is 40.7 Å². The van der Waals surface area contributed by atoms with Gasteiger partial charge in [0.2, 0.25) is 0 Å². The highest BCUT2D eigenvalue weighted by Gasteiger charge is 2.20. The molecule has 0 unspecified atom stereocenters. The van der Waals surface area contributed by atoms with Crippen LogP contribution in [0.5, 0.6) is 0 Å². The van der Waals surface area contributed by atoms with Gasteiger partial charge in [-0.2, -0.15) is 0 Å². The van der Waals surface area contributed by atoms with Crippen LogP contribution >= 0.6 is 22.9 Å². The fourth-order valence-corrected chi connectivity index (χ4v) is 3.18. The van der Waals surface area contributed by atoms with E-state index in [1.807, 2.05) is 38.2 Å². The molecule has 0 saturated carbocycles. The highest BCUT2D eigenvalue weighted by molar-refractivity contribution is 7.16. The number of hydrogen-bond acceptors (Lipinski definition) is 5. The molecule has 0 saturated heterocycles. The van der Waals surface area contributed by atoms with Crippen LogP contribution in [0.3, 0.4) is 0 Å². The number of thiazole rings is 1. The molecule has 3 rings (SSSR count). The molecule has 0 spiro atoms. The Morgan fingerprint density at radius 3 is 2.64 bits per heavy atom. The summed E-state index contributed by atoms with van der Waals surface area (Å²) in [6.45, 7) is 6.00. The SMILES string of the molecule is C=C(C)c1sc(-c2ccc(Cl)cc2)nc1-c1nn[nH]c1NC. The molecule has 2 N–H and O–H groups in total. The van der Waals surface area contributed by atoms with Crippen LogP contribution in [0, 0.1) is 0 Å². The molecule has 0 aliphatic heterocycles. The molecule has 5 nitrogen and oxygen atoms in total. The molecule has 2 heterocycles. The second kappa shape index (κ2) is 5.90. The van der Waals surface area contributed by atoms with E-state index in [0.29, 0.717) is 10.7 Å². The molecule has 1 aromatic carbocycles. The summed E-state index contributed by atoms with van der Waals surface area (Å²) < 4.78 is 0. The molecule has 0 fully saturated rings. The summed E-state index contributed by atoms with van der Waals surface area (Å²) in [6, 6.07) is 7.62. The van der Waals surface area contributed by atoms with Crippen LogP contribution in [-0.2, 0) is 0 Å². The second-order valence-electron chi connectivity index (χ2n) is 4.77. The first kappa shape index (κ1) is 14.7. The zero-order chi connectivity index (χ0) is 15.7. The Balaban J connectivity index is 2.14. The monoisotopic (exact) mass is 331 g/mol. The third-order valence-electron chi connectivity index (χ3n) is 3.13. The highest BCUT2D eigenvalue weighted by Crippen LogP contribution is 2.38. The largest absolute Gasteiger partial charge is 0.372 e. The van der Waals surface area contributed by atoms with Crippen molar-refractivity contribution in [3.63, 3.8) is 0 Å². The minimum Gasteiger partial charge on any atom is -0.372 e. The smallest absolute Gasteiger partial charge is 0.156 e. The lowest BCUT2D eigenvalue weighted by Crippen LogP contribution is -1.92. The Hall–Kier alpha value is -2.18. The van der Waals surface area contributed by atoms with Gasteiger partial charge in [0.1, 0.15) is 10.7 Å². The maximum atomic E-state index is 5.95. The summed E-state index contributed by atoms with van der Waals surface area (Å²) >= 11 is 7.53. The second-order valence-corrected chi connectivity index (χ2v) is 6.20. The van der Waals surface area contributed by atoms with Gasteiger partial charge in [-0.3, -0.25) is 0 Å². The van der Waals surface area contributed by atoms with E-state index in [1.165, 1.54) is 0 Å². The van der Waals surface area contributed by atoms with Gasteiger partial charge in [-0.05, 0) is 24.6 Å². The number of benzene rings is 1. The molecule has 0 bridgehead atoms. The summed E-state index contributed by atoms with van der Waals surface area (Å²) in [5.74, 6) is 0.732. The topological polar surface area (TPSA) is 66.5 Å². The van der Waals surface area contributed by atoms with E-state index in [4.69, 9.17) is 16.6 Å². The first-order valence-corrected chi connectivity index (χ1v) is 7.81. The number of aromatic amines is 1. The number of rotatable bonds is 4. The molecule has 112 valence electrons. The predicted molar refractivity (Wildman–Crippen MR) is 92.2 cm³/mol. The molecule has 7 heteroatoms. The van der Waals surface area contributed by atoms with Gasteiger partial charge < -0.3 is 5.32 Å². The molecule has 2 aromatic heterocycles. The molecule has 0 aliphatic carbocycles. The van der Waals surface area contributed by atoms with Crippen LogP contribution < -0.4 is 5.32 Å². The molecular formula is C15H14ClN5S. The van der Waals surface area contributed by atoms with Crippen LogP contribution in [0.15, 0.2) is 30.8 Å². The summed E-state index contributed by atoms with van der Waals surface area (Å²) in [7, 11) is 1.81. The van der Waals surface area contributed by atoms with Crippen molar-refractivity contribution >= 4 is 34.3 Å². The molecule has 0 amide bonds. The molecule has 0 atom stereocenters. The average molecular weight is 332 g/mol. The summed E-state index contributed by atoms with van der Waals surface area (Å²) in [6.07, 6.45) is 0. The third kappa shape index (κ3) is 2.63. The van der Waals surface area contributed by atoms with Crippen molar-refractivity contribution in [1.82, 2.24) is 20.4 Å². The molecule has 3 aromatic rings.